The molecule has 0 aliphatic carbocycles. The molecule has 12 nitrogen and oxygen atoms in total. The van der Waals surface area contributed by atoms with Crippen molar-refractivity contribution in [3.05, 3.63) is 128 Å². The summed E-state index contributed by atoms with van der Waals surface area (Å²) >= 11 is 6.63. The van der Waals surface area contributed by atoms with Crippen molar-refractivity contribution in [1.82, 2.24) is 20.0 Å². The third kappa shape index (κ3) is 8.29. The summed E-state index contributed by atoms with van der Waals surface area (Å²) in [7, 11) is 1.24. The second-order valence-electron chi connectivity index (χ2n) is 9.38. The van der Waals surface area contributed by atoms with Gasteiger partial charge in [-0.2, -0.15) is 10.2 Å². The molecule has 0 unspecified atom stereocenters. The predicted molar refractivity (Wildman–Crippen MR) is 184 cm³/mol. The highest BCUT2D eigenvalue weighted by Gasteiger charge is 2.19. The summed E-state index contributed by atoms with van der Waals surface area (Å²) in [4.78, 5) is 29.9. The Morgan fingerprint density at radius 1 is 0.809 bits per heavy atom. The van der Waals surface area contributed by atoms with Crippen molar-refractivity contribution in [3.63, 3.8) is 0 Å². The van der Waals surface area contributed by atoms with Crippen molar-refractivity contribution in [2.75, 3.05) is 14.2 Å². The molecule has 0 amide bonds. The topological polar surface area (TPSA) is 148 Å². The molecule has 6 rings (SSSR count). The van der Waals surface area contributed by atoms with Crippen LogP contribution < -0.4 is 5.46 Å². The highest BCUT2D eigenvalue weighted by atomic mass is 79.9. The number of rotatable bonds is 4. The van der Waals surface area contributed by atoms with Gasteiger partial charge in [0.15, 0.2) is 22.8 Å². The van der Waals surface area contributed by atoms with E-state index in [-0.39, 0.29) is 11.4 Å². The van der Waals surface area contributed by atoms with Crippen molar-refractivity contribution >= 4 is 89.6 Å². The van der Waals surface area contributed by atoms with Crippen LogP contribution in [0.4, 0.5) is 11.4 Å². The van der Waals surface area contributed by atoms with Crippen LogP contribution in [-0.4, -0.2) is 63.3 Å². The van der Waals surface area contributed by atoms with E-state index in [1.165, 1.54) is 14.2 Å². The van der Waals surface area contributed by atoms with Crippen LogP contribution in [0.1, 0.15) is 21.0 Å². The number of hydrogen-bond donors (Lipinski definition) is 3. The summed E-state index contributed by atoms with van der Waals surface area (Å²) in [6, 6.07) is 24.5. The Bertz CT molecular complexity index is 2170. The molecule has 6 aromatic rings. The van der Waals surface area contributed by atoms with Crippen LogP contribution >= 0.6 is 31.9 Å². The number of nitrogens with zero attached hydrogens (tertiary/aromatic N) is 5. The predicted octanol–water partition coefficient (Wildman–Crippen LogP) is 6.15. The molecule has 0 spiro atoms. The molecule has 47 heavy (non-hydrogen) atoms. The number of halogens is 2. The lowest BCUT2D eigenvalue weighted by Gasteiger charge is -2.04. The number of carbonyl (C=O) groups excluding carboxylic acids is 2. The zero-order chi connectivity index (χ0) is 34.1. The van der Waals surface area contributed by atoms with Crippen LogP contribution in [0.2, 0.25) is 0 Å². The van der Waals surface area contributed by atoms with E-state index < -0.39 is 19.1 Å². The Balaban J connectivity index is 0.000000173. The molecule has 234 valence electrons. The lowest BCUT2D eigenvalue weighted by molar-refractivity contribution is 0.0587. The van der Waals surface area contributed by atoms with Gasteiger partial charge in [0.1, 0.15) is 0 Å². The number of fused-ring (bicyclic) bond motifs is 2. The molecular formula is C32H23BBr2N6O6. The van der Waals surface area contributed by atoms with Crippen molar-refractivity contribution in [3.8, 4) is 5.69 Å². The lowest BCUT2D eigenvalue weighted by atomic mass is 9.81. The summed E-state index contributed by atoms with van der Waals surface area (Å²) in [6.07, 6.45) is 0. The van der Waals surface area contributed by atoms with Crippen LogP contribution in [0.15, 0.2) is 93.9 Å². The van der Waals surface area contributed by atoms with Gasteiger partial charge in [-0.1, -0.05) is 74.3 Å². The summed E-state index contributed by atoms with van der Waals surface area (Å²) in [5.74, 6) is -0.994. The first-order valence-electron chi connectivity index (χ1n) is 13.4. The molecule has 0 saturated carbocycles. The van der Waals surface area contributed by atoms with Gasteiger partial charge in [-0.15, -0.1) is 0 Å². The number of aromatic amines is 1. The zero-order valence-corrected chi connectivity index (χ0v) is 27.9. The Labute approximate surface area is 285 Å². The number of esters is 2. The minimum Gasteiger partial charge on any atom is -0.464 e. The quantitative estimate of drug-likeness (QED) is 0.110. The molecule has 3 N–H and O–H groups in total. The van der Waals surface area contributed by atoms with Gasteiger partial charge in [0.25, 0.3) is 0 Å². The smallest absolute Gasteiger partial charge is 0.464 e. The fourth-order valence-electron chi connectivity index (χ4n) is 4.22. The van der Waals surface area contributed by atoms with E-state index in [1.54, 1.807) is 59.3 Å². The highest BCUT2D eigenvalue weighted by Crippen LogP contribution is 2.28. The Kier molecular flexibility index (Phi) is 11.6. The van der Waals surface area contributed by atoms with Gasteiger partial charge >= 0.3 is 19.1 Å². The maximum absolute atomic E-state index is 11.9. The largest absolute Gasteiger partial charge is 0.488 e. The van der Waals surface area contributed by atoms with E-state index in [9.17, 15) is 9.59 Å². The third-order valence-corrected chi connectivity index (χ3v) is 7.41. The van der Waals surface area contributed by atoms with Gasteiger partial charge in [-0.05, 0) is 47.9 Å². The lowest BCUT2D eigenvalue weighted by Crippen LogP contribution is -2.29. The van der Waals surface area contributed by atoms with E-state index in [4.69, 9.17) is 27.9 Å². The van der Waals surface area contributed by atoms with Crippen LogP contribution in [0, 0.1) is 13.1 Å². The second kappa shape index (κ2) is 15.8. The van der Waals surface area contributed by atoms with Crippen LogP contribution in [0.25, 0.3) is 37.2 Å². The Morgan fingerprint density at radius 3 is 1.98 bits per heavy atom. The first-order valence-corrected chi connectivity index (χ1v) is 15.0. The van der Waals surface area contributed by atoms with Gasteiger partial charge < -0.3 is 19.5 Å². The van der Waals surface area contributed by atoms with Gasteiger partial charge in [0.2, 0.25) is 0 Å². The average Bonchev–Trinajstić information content (AvgIpc) is 3.69. The van der Waals surface area contributed by atoms with E-state index >= 15 is 0 Å². The molecule has 4 aromatic carbocycles. The Morgan fingerprint density at radius 2 is 1.40 bits per heavy atom. The molecule has 0 radical (unpaired) electrons. The van der Waals surface area contributed by atoms with Crippen molar-refractivity contribution in [2.24, 2.45) is 0 Å². The minimum atomic E-state index is -1.38. The van der Waals surface area contributed by atoms with Gasteiger partial charge in [-0.3, -0.25) is 5.10 Å². The molecule has 0 bridgehead atoms. The molecule has 2 heterocycles. The fraction of sp³-hybridized carbons (Fsp3) is 0.0625. The fourth-order valence-corrected chi connectivity index (χ4v) is 5.03. The monoisotopic (exact) mass is 756 g/mol. The number of nitrogens with one attached hydrogen (secondary N) is 1. The number of hydrogen-bond acceptors (Lipinski definition) is 8. The SMILES string of the molecule is OB(O)c1cccc(Br)c1.[C-]#[N+]c1ccc2c(C(=O)OC)n[nH]c2c1.[C-]#[N+]c1ccc2c(C(=O)OC)nn(-c3cccc(Br)c3)c2c1. The zero-order valence-electron chi connectivity index (χ0n) is 24.7. The molecule has 0 atom stereocenters. The molecule has 0 fully saturated rings. The van der Waals surface area contributed by atoms with Crippen molar-refractivity contribution < 1.29 is 29.1 Å². The molecule has 0 aliphatic heterocycles. The maximum atomic E-state index is 11.9. The number of methoxy groups -OCH3 is 2. The summed E-state index contributed by atoms with van der Waals surface area (Å²) in [6.45, 7) is 14.0. The van der Waals surface area contributed by atoms with Gasteiger partial charge in [-0.25, -0.2) is 24.0 Å². The number of carbonyl (C=O) groups is 2. The maximum Gasteiger partial charge on any atom is 0.488 e. The first-order chi connectivity index (χ1) is 22.6. The third-order valence-electron chi connectivity index (χ3n) is 6.43. The molecule has 0 saturated heterocycles. The Hall–Kier alpha value is -5.32. The normalized spacial score (nSPS) is 10.0. The summed E-state index contributed by atoms with van der Waals surface area (Å²) in [5, 5.41) is 29.6. The van der Waals surface area contributed by atoms with Crippen molar-refractivity contribution in [2.45, 2.75) is 0 Å². The van der Waals surface area contributed by atoms with Gasteiger partial charge in [0, 0.05) is 19.7 Å². The van der Waals surface area contributed by atoms with E-state index in [1.807, 2.05) is 30.3 Å². The first kappa shape index (κ1) is 34.6. The summed E-state index contributed by atoms with van der Waals surface area (Å²) in [5.41, 5.74) is 4.09. The highest BCUT2D eigenvalue weighted by molar-refractivity contribution is 9.10. The van der Waals surface area contributed by atoms with Crippen molar-refractivity contribution in [1.29, 1.82) is 0 Å². The average molecular weight is 758 g/mol. The van der Waals surface area contributed by atoms with Crippen LogP contribution in [0.5, 0.6) is 0 Å². The van der Waals surface area contributed by atoms with Crippen LogP contribution in [0.3, 0.4) is 0 Å². The summed E-state index contributed by atoms with van der Waals surface area (Å²) < 4.78 is 12.7. The minimum absolute atomic E-state index is 0.231. The number of H-pyrrole nitrogens is 1. The standard InChI is InChI=1S/C16H10BrN3O2.C10H7N3O2.C6H6BBrO2/c1-18-11-6-7-13-14(9-11)20(19-15(13)16(21)22-2)12-5-3-4-10(17)8-12;1-11-6-3-4-7-8(5-6)12-13-9(7)10(14)15-2;8-6-3-1-2-5(4-6)7(9)10/h3-9H,2H3;3-5H,2H3,(H,12,13);1-4,9-10H. The molecule has 15 heteroatoms. The number of benzene rings is 4. The molecular weight excluding hydrogens is 735 g/mol. The molecule has 2 aromatic heterocycles. The number of ether oxygens (including phenoxy) is 2. The molecule has 0 aliphatic rings. The van der Waals surface area contributed by atoms with Gasteiger partial charge in [0.05, 0.1) is 44.1 Å². The van der Waals surface area contributed by atoms with E-state index in [0.29, 0.717) is 38.6 Å². The van der Waals surface area contributed by atoms with E-state index in [2.05, 4.69) is 61.6 Å². The van der Waals surface area contributed by atoms with E-state index in [0.717, 1.165) is 14.6 Å². The second-order valence-corrected chi connectivity index (χ2v) is 11.2. The number of aromatic nitrogens is 4. The van der Waals surface area contributed by atoms with Crippen LogP contribution in [-0.2, 0) is 9.47 Å².